The van der Waals surface area contributed by atoms with E-state index in [0.717, 1.165) is 23.4 Å². The van der Waals surface area contributed by atoms with Crippen molar-refractivity contribution >= 4 is 16.8 Å². The van der Waals surface area contributed by atoms with Crippen LogP contribution in [0.2, 0.25) is 0 Å². The molecule has 0 saturated heterocycles. The van der Waals surface area contributed by atoms with Gasteiger partial charge in [0.05, 0.1) is 0 Å². The fourth-order valence-electron chi connectivity index (χ4n) is 2.73. The number of benzene rings is 2. The third-order valence-electron chi connectivity index (χ3n) is 4.27. The van der Waals surface area contributed by atoms with Crippen LogP contribution in [0.25, 0.3) is 10.9 Å². The molecule has 0 bridgehead atoms. The second-order valence-corrected chi connectivity index (χ2v) is 5.90. The summed E-state index contributed by atoms with van der Waals surface area (Å²) < 4.78 is 7.76. The van der Waals surface area contributed by atoms with Gasteiger partial charge in [0, 0.05) is 24.8 Å². The van der Waals surface area contributed by atoms with E-state index in [1.807, 2.05) is 50.4 Å². The highest BCUT2D eigenvalue weighted by Crippen LogP contribution is 2.20. The van der Waals surface area contributed by atoms with Gasteiger partial charge >= 0.3 is 0 Å². The van der Waals surface area contributed by atoms with Crippen molar-refractivity contribution in [2.24, 2.45) is 0 Å². The Bertz CT molecular complexity index is 852. The highest BCUT2D eigenvalue weighted by atomic mass is 16.5. The summed E-state index contributed by atoms with van der Waals surface area (Å²) in [7, 11) is 0. The van der Waals surface area contributed by atoms with Crippen molar-refractivity contribution in [2.75, 3.05) is 13.2 Å². The number of rotatable bonds is 6. The van der Waals surface area contributed by atoms with Crippen LogP contribution in [0.1, 0.15) is 11.1 Å². The molecule has 0 spiro atoms. The standard InChI is InChI=1S/C20H22N2O2/c1-15-6-5-9-19(16(15)2)24-14-20(23)21-11-13-22-12-10-17-7-3-4-8-18(17)22/h3-10,12H,11,13-14H2,1-2H3,(H,21,23). The van der Waals surface area contributed by atoms with Crippen LogP contribution in [0.5, 0.6) is 5.75 Å². The molecule has 1 N–H and O–H groups in total. The van der Waals surface area contributed by atoms with Crippen molar-refractivity contribution in [2.45, 2.75) is 20.4 Å². The molecule has 0 unspecified atom stereocenters. The highest BCUT2D eigenvalue weighted by molar-refractivity contribution is 5.80. The van der Waals surface area contributed by atoms with Crippen molar-refractivity contribution < 1.29 is 9.53 Å². The number of aryl methyl sites for hydroxylation is 1. The average molecular weight is 322 g/mol. The molecule has 124 valence electrons. The van der Waals surface area contributed by atoms with Crippen molar-refractivity contribution in [3.8, 4) is 5.75 Å². The fraction of sp³-hybridized carbons (Fsp3) is 0.250. The first kappa shape index (κ1) is 16.1. The fourth-order valence-corrected chi connectivity index (χ4v) is 2.73. The van der Waals surface area contributed by atoms with Crippen molar-refractivity contribution in [3.63, 3.8) is 0 Å². The molecule has 0 saturated carbocycles. The number of fused-ring (bicyclic) bond motifs is 1. The zero-order valence-electron chi connectivity index (χ0n) is 14.1. The van der Waals surface area contributed by atoms with Gasteiger partial charge in [0.15, 0.2) is 6.61 Å². The van der Waals surface area contributed by atoms with Crippen LogP contribution in [0, 0.1) is 13.8 Å². The van der Waals surface area contributed by atoms with Gasteiger partial charge < -0.3 is 14.6 Å². The lowest BCUT2D eigenvalue weighted by atomic mass is 10.1. The monoisotopic (exact) mass is 322 g/mol. The Kier molecular flexibility index (Phi) is 4.85. The van der Waals surface area contributed by atoms with Crippen molar-refractivity contribution in [1.82, 2.24) is 9.88 Å². The van der Waals surface area contributed by atoms with Gasteiger partial charge in [-0.2, -0.15) is 0 Å². The van der Waals surface area contributed by atoms with Gasteiger partial charge in [0.1, 0.15) is 5.75 Å². The number of nitrogens with zero attached hydrogens (tertiary/aromatic N) is 1. The topological polar surface area (TPSA) is 43.3 Å². The molecule has 0 radical (unpaired) electrons. The van der Waals surface area contributed by atoms with Crippen LogP contribution in [-0.2, 0) is 11.3 Å². The second kappa shape index (κ2) is 7.21. The van der Waals surface area contributed by atoms with Crippen LogP contribution in [0.4, 0.5) is 0 Å². The van der Waals surface area contributed by atoms with E-state index in [-0.39, 0.29) is 12.5 Å². The summed E-state index contributed by atoms with van der Waals surface area (Å²) in [6.07, 6.45) is 2.05. The predicted molar refractivity (Wildman–Crippen MR) is 96.4 cm³/mol. The van der Waals surface area contributed by atoms with Crippen molar-refractivity contribution in [3.05, 3.63) is 65.9 Å². The van der Waals surface area contributed by atoms with Crippen molar-refractivity contribution in [1.29, 1.82) is 0 Å². The van der Waals surface area contributed by atoms with Crippen LogP contribution in [-0.4, -0.2) is 23.6 Å². The van der Waals surface area contributed by atoms with Crippen LogP contribution < -0.4 is 10.1 Å². The Hall–Kier alpha value is -2.75. The van der Waals surface area contributed by atoms with E-state index >= 15 is 0 Å². The third kappa shape index (κ3) is 3.59. The molecule has 4 nitrogen and oxygen atoms in total. The third-order valence-corrected chi connectivity index (χ3v) is 4.27. The minimum atomic E-state index is -0.104. The second-order valence-electron chi connectivity index (χ2n) is 5.90. The molecule has 0 aliphatic rings. The van der Waals surface area contributed by atoms with Crippen LogP contribution in [0.15, 0.2) is 54.7 Å². The molecule has 0 atom stereocenters. The summed E-state index contributed by atoms with van der Waals surface area (Å²) in [5, 5.41) is 4.12. The number of para-hydroxylation sites is 1. The summed E-state index contributed by atoms with van der Waals surface area (Å²) in [5.74, 6) is 0.661. The molecule has 3 rings (SSSR count). The van der Waals surface area contributed by atoms with Gasteiger partial charge in [0.25, 0.3) is 5.91 Å². The number of carbonyl (C=O) groups excluding carboxylic acids is 1. The highest BCUT2D eigenvalue weighted by Gasteiger charge is 2.06. The Morgan fingerprint density at radius 2 is 1.92 bits per heavy atom. The SMILES string of the molecule is Cc1cccc(OCC(=O)NCCn2ccc3ccccc32)c1C. The molecule has 0 aliphatic carbocycles. The quantitative estimate of drug-likeness (QED) is 0.755. The Balaban J connectivity index is 1.48. The number of aromatic nitrogens is 1. The van der Waals surface area contributed by atoms with Gasteiger partial charge in [-0.05, 0) is 48.6 Å². The van der Waals surface area contributed by atoms with Gasteiger partial charge in [-0.3, -0.25) is 4.79 Å². The van der Waals surface area contributed by atoms with E-state index in [1.165, 1.54) is 10.9 Å². The molecule has 1 amide bonds. The summed E-state index contributed by atoms with van der Waals surface area (Å²) >= 11 is 0. The molecule has 2 aromatic carbocycles. The number of amides is 1. The van der Waals surface area contributed by atoms with Crippen LogP contribution >= 0.6 is 0 Å². The molecule has 3 aromatic rings. The van der Waals surface area contributed by atoms with E-state index in [2.05, 4.69) is 28.1 Å². The first-order chi connectivity index (χ1) is 11.6. The number of hydrogen-bond acceptors (Lipinski definition) is 2. The van der Waals surface area contributed by atoms with E-state index in [4.69, 9.17) is 4.74 Å². The largest absolute Gasteiger partial charge is 0.483 e. The van der Waals surface area contributed by atoms with E-state index < -0.39 is 0 Å². The van der Waals surface area contributed by atoms with Gasteiger partial charge in [0.2, 0.25) is 0 Å². The molecule has 1 aromatic heterocycles. The minimum Gasteiger partial charge on any atom is -0.483 e. The molecule has 1 heterocycles. The van der Waals surface area contributed by atoms with E-state index in [0.29, 0.717) is 6.54 Å². The molecular weight excluding hydrogens is 300 g/mol. The summed E-state index contributed by atoms with van der Waals surface area (Å²) in [6.45, 7) is 5.39. The predicted octanol–water partition coefficient (Wildman–Crippen LogP) is 3.45. The van der Waals surface area contributed by atoms with E-state index in [9.17, 15) is 4.79 Å². The zero-order valence-corrected chi connectivity index (χ0v) is 14.1. The lowest BCUT2D eigenvalue weighted by molar-refractivity contribution is -0.123. The normalized spacial score (nSPS) is 10.8. The first-order valence-electron chi connectivity index (χ1n) is 8.15. The van der Waals surface area contributed by atoms with Gasteiger partial charge in [-0.1, -0.05) is 30.3 Å². The summed E-state index contributed by atoms with van der Waals surface area (Å²) in [6, 6.07) is 16.2. The van der Waals surface area contributed by atoms with Gasteiger partial charge in [-0.15, -0.1) is 0 Å². The smallest absolute Gasteiger partial charge is 0.258 e. The summed E-state index contributed by atoms with van der Waals surface area (Å²) in [5.41, 5.74) is 3.41. The maximum atomic E-state index is 12.0. The van der Waals surface area contributed by atoms with Gasteiger partial charge in [-0.25, -0.2) is 0 Å². The lowest BCUT2D eigenvalue weighted by Crippen LogP contribution is -2.31. The molecule has 0 aliphatic heterocycles. The molecule has 24 heavy (non-hydrogen) atoms. The van der Waals surface area contributed by atoms with E-state index in [1.54, 1.807) is 0 Å². The molecule has 0 fully saturated rings. The maximum absolute atomic E-state index is 12.0. The Morgan fingerprint density at radius 1 is 1.08 bits per heavy atom. The first-order valence-corrected chi connectivity index (χ1v) is 8.15. The number of nitrogens with one attached hydrogen (secondary N) is 1. The minimum absolute atomic E-state index is 0.0384. The Labute approximate surface area is 142 Å². The lowest BCUT2D eigenvalue weighted by Gasteiger charge is -2.11. The molecular formula is C20H22N2O2. The number of hydrogen-bond donors (Lipinski definition) is 1. The summed E-state index contributed by atoms with van der Waals surface area (Å²) in [4.78, 5) is 12.0. The number of carbonyl (C=O) groups is 1. The average Bonchev–Trinajstić information content (AvgIpc) is 3.00. The van der Waals surface area contributed by atoms with Crippen LogP contribution in [0.3, 0.4) is 0 Å². The Morgan fingerprint density at radius 3 is 2.79 bits per heavy atom. The maximum Gasteiger partial charge on any atom is 0.258 e. The zero-order chi connectivity index (χ0) is 16.9. The molecule has 4 heteroatoms. The number of ether oxygens (including phenoxy) is 1.